The fourth-order valence-electron chi connectivity index (χ4n) is 3.21. The fourth-order valence-corrected chi connectivity index (χ4v) is 3.21. The van der Waals surface area contributed by atoms with Crippen molar-refractivity contribution >= 4 is 16.9 Å². The summed E-state index contributed by atoms with van der Waals surface area (Å²) in [5.41, 5.74) is 3.16. The van der Waals surface area contributed by atoms with Crippen LogP contribution >= 0.6 is 0 Å². The number of fused-ring (bicyclic) bond motifs is 1. The minimum atomic E-state index is 0.0456. The molecule has 3 aromatic rings. The summed E-state index contributed by atoms with van der Waals surface area (Å²) in [6.07, 6.45) is 5.51. The average Bonchev–Trinajstić information content (AvgIpc) is 2.61. The molecule has 1 fully saturated rings. The van der Waals surface area contributed by atoms with Gasteiger partial charge in [-0.2, -0.15) is 0 Å². The third-order valence-corrected chi connectivity index (χ3v) is 4.50. The predicted molar refractivity (Wildman–Crippen MR) is 94.4 cm³/mol. The topological polar surface area (TPSA) is 69.5 Å². The number of piperidine rings is 1. The van der Waals surface area contributed by atoms with Gasteiger partial charge in [0.15, 0.2) is 0 Å². The van der Waals surface area contributed by atoms with Crippen LogP contribution in [0.1, 0.15) is 19.3 Å². The molecule has 0 spiro atoms. The van der Waals surface area contributed by atoms with E-state index in [9.17, 15) is 10.2 Å². The van der Waals surface area contributed by atoms with Crippen molar-refractivity contribution in [2.24, 2.45) is 0 Å². The third kappa shape index (κ3) is 2.73. The number of aromatic hydroxyl groups is 2. The zero-order valence-electron chi connectivity index (χ0n) is 13.3. The van der Waals surface area contributed by atoms with Crippen molar-refractivity contribution in [3.8, 4) is 22.6 Å². The van der Waals surface area contributed by atoms with Crippen LogP contribution in [0, 0.1) is 0 Å². The van der Waals surface area contributed by atoms with Gasteiger partial charge in [-0.05, 0) is 49.1 Å². The Balaban J connectivity index is 1.75. The highest BCUT2D eigenvalue weighted by Crippen LogP contribution is 2.33. The van der Waals surface area contributed by atoms with Gasteiger partial charge in [-0.15, -0.1) is 0 Å². The summed E-state index contributed by atoms with van der Waals surface area (Å²) in [6, 6.07) is 10.4. The Kier molecular flexibility index (Phi) is 3.69. The van der Waals surface area contributed by atoms with Crippen molar-refractivity contribution in [2.75, 3.05) is 18.0 Å². The molecule has 0 unspecified atom stereocenters. The highest BCUT2D eigenvalue weighted by molar-refractivity contribution is 5.84. The maximum Gasteiger partial charge on any atom is 0.147 e. The van der Waals surface area contributed by atoms with E-state index in [-0.39, 0.29) is 11.5 Å². The van der Waals surface area contributed by atoms with Gasteiger partial charge in [0.1, 0.15) is 17.3 Å². The average molecular weight is 321 g/mol. The van der Waals surface area contributed by atoms with Crippen LogP contribution in [0.5, 0.6) is 11.5 Å². The second-order valence-corrected chi connectivity index (χ2v) is 6.18. The van der Waals surface area contributed by atoms with Gasteiger partial charge in [0.05, 0.1) is 17.2 Å². The van der Waals surface area contributed by atoms with Gasteiger partial charge < -0.3 is 15.1 Å². The molecule has 122 valence electrons. The van der Waals surface area contributed by atoms with Crippen LogP contribution in [-0.2, 0) is 0 Å². The van der Waals surface area contributed by atoms with E-state index >= 15 is 0 Å². The quantitative estimate of drug-likeness (QED) is 0.753. The summed E-state index contributed by atoms with van der Waals surface area (Å²) >= 11 is 0. The summed E-state index contributed by atoms with van der Waals surface area (Å²) in [6.45, 7) is 2.05. The zero-order chi connectivity index (χ0) is 16.5. The van der Waals surface area contributed by atoms with Crippen LogP contribution in [0.15, 0.2) is 42.6 Å². The lowest BCUT2D eigenvalue weighted by molar-refractivity contribution is 0.452. The summed E-state index contributed by atoms with van der Waals surface area (Å²) < 4.78 is 0. The van der Waals surface area contributed by atoms with Crippen LogP contribution in [0.3, 0.4) is 0 Å². The Hall–Kier alpha value is -2.82. The van der Waals surface area contributed by atoms with Crippen LogP contribution in [0.2, 0.25) is 0 Å². The van der Waals surface area contributed by atoms with Crippen LogP contribution in [-0.4, -0.2) is 33.3 Å². The molecule has 5 heteroatoms. The van der Waals surface area contributed by atoms with Gasteiger partial charge in [0, 0.05) is 24.7 Å². The van der Waals surface area contributed by atoms with Crippen LogP contribution in [0.25, 0.3) is 22.2 Å². The molecule has 2 N–H and O–H groups in total. The lowest BCUT2D eigenvalue weighted by Crippen LogP contribution is -2.30. The second kappa shape index (κ2) is 6.00. The van der Waals surface area contributed by atoms with E-state index < -0.39 is 0 Å². The van der Waals surface area contributed by atoms with Gasteiger partial charge in [-0.3, -0.25) is 4.98 Å². The first kappa shape index (κ1) is 14.8. The first-order valence-electron chi connectivity index (χ1n) is 8.25. The van der Waals surface area contributed by atoms with E-state index in [2.05, 4.69) is 9.88 Å². The van der Waals surface area contributed by atoms with Gasteiger partial charge in [0.2, 0.25) is 0 Å². The normalized spacial score (nSPS) is 14.9. The highest BCUT2D eigenvalue weighted by atomic mass is 16.3. The number of aromatic nitrogens is 2. The molecule has 1 aromatic heterocycles. The molecule has 5 nitrogen and oxygen atoms in total. The Morgan fingerprint density at radius 2 is 1.71 bits per heavy atom. The summed E-state index contributed by atoms with van der Waals surface area (Å²) in [4.78, 5) is 11.6. The van der Waals surface area contributed by atoms with Gasteiger partial charge in [-0.1, -0.05) is 6.07 Å². The monoisotopic (exact) mass is 321 g/mol. The van der Waals surface area contributed by atoms with Crippen molar-refractivity contribution < 1.29 is 10.2 Å². The molecule has 1 saturated heterocycles. The van der Waals surface area contributed by atoms with Crippen molar-refractivity contribution in [1.29, 1.82) is 0 Å². The molecule has 0 aliphatic carbocycles. The Morgan fingerprint density at radius 3 is 2.50 bits per heavy atom. The molecule has 2 heterocycles. The van der Waals surface area contributed by atoms with Gasteiger partial charge >= 0.3 is 0 Å². The van der Waals surface area contributed by atoms with E-state index in [4.69, 9.17) is 4.98 Å². The van der Waals surface area contributed by atoms with Gasteiger partial charge in [0.25, 0.3) is 0 Å². The van der Waals surface area contributed by atoms with E-state index in [0.717, 1.165) is 35.5 Å². The molecule has 0 bridgehead atoms. The highest BCUT2D eigenvalue weighted by Gasteiger charge is 2.13. The van der Waals surface area contributed by atoms with Crippen molar-refractivity contribution in [2.45, 2.75) is 19.3 Å². The minimum Gasteiger partial charge on any atom is -0.508 e. The van der Waals surface area contributed by atoms with E-state index in [0.29, 0.717) is 5.56 Å². The predicted octanol–water partition coefficient (Wildman–Crippen LogP) is 3.70. The number of nitrogens with zero attached hydrogens (tertiary/aromatic N) is 3. The number of phenols is 2. The standard InChI is InChI=1S/C19H19N3O2/c23-14-5-6-15(18(24)11-14)13-4-7-16-17(10-13)21-19(12-20-16)22-8-2-1-3-9-22/h4-7,10-12,23-24H,1-3,8-9H2. The van der Waals surface area contributed by atoms with E-state index in [1.54, 1.807) is 12.1 Å². The summed E-state index contributed by atoms with van der Waals surface area (Å²) in [5.74, 6) is 1.01. The molecule has 1 aliphatic rings. The van der Waals surface area contributed by atoms with Crippen molar-refractivity contribution in [1.82, 2.24) is 9.97 Å². The lowest BCUT2D eigenvalue weighted by atomic mass is 10.0. The third-order valence-electron chi connectivity index (χ3n) is 4.50. The zero-order valence-corrected chi connectivity index (χ0v) is 13.3. The molecule has 0 radical (unpaired) electrons. The largest absolute Gasteiger partial charge is 0.508 e. The summed E-state index contributed by atoms with van der Waals surface area (Å²) in [5, 5.41) is 19.5. The lowest BCUT2D eigenvalue weighted by Gasteiger charge is -2.27. The van der Waals surface area contributed by atoms with Crippen LogP contribution < -0.4 is 4.90 Å². The first-order valence-corrected chi connectivity index (χ1v) is 8.25. The molecule has 2 aromatic carbocycles. The number of rotatable bonds is 2. The Morgan fingerprint density at radius 1 is 0.875 bits per heavy atom. The number of hydrogen-bond acceptors (Lipinski definition) is 5. The smallest absolute Gasteiger partial charge is 0.147 e. The fraction of sp³-hybridized carbons (Fsp3) is 0.263. The molecular weight excluding hydrogens is 302 g/mol. The second-order valence-electron chi connectivity index (χ2n) is 6.18. The molecular formula is C19H19N3O2. The molecule has 0 saturated carbocycles. The number of phenolic OH excluding ortho intramolecular Hbond substituents is 2. The Labute approximate surface area is 140 Å². The minimum absolute atomic E-state index is 0.0456. The Bertz CT molecular complexity index is 889. The molecule has 4 rings (SSSR count). The van der Waals surface area contributed by atoms with Gasteiger partial charge in [-0.25, -0.2) is 4.98 Å². The number of anilines is 1. The van der Waals surface area contributed by atoms with E-state index in [1.165, 1.54) is 25.3 Å². The van der Waals surface area contributed by atoms with E-state index in [1.807, 2.05) is 24.4 Å². The molecule has 24 heavy (non-hydrogen) atoms. The maximum absolute atomic E-state index is 10.1. The number of hydrogen-bond donors (Lipinski definition) is 2. The SMILES string of the molecule is Oc1ccc(-c2ccc3ncc(N4CCCCC4)nc3c2)c(O)c1. The molecule has 0 atom stereocenters. The first-order chi connectivity index (χ1) is 11.7. The van der Waals surface area contributed by atoms with Crippen molar-refractivity contribution in [3.63, 3.8) is 0 Å². The number of benzene rings is 2. The maximum atomic E-state index is 10.1. The van der Waals surface area contributed by atoms with Crippen molar-refractivity contribution in [3.05, 3.63) is 42.6 Å². The summed E-state index contributed by atoms with van der Waals surface area (Å²) in [7, 11) is 0. The van der Waals surface area contributed by atoms with Crippen LogP contribution in [0.4, 0.5) is 5.82 Å². The molecule has 0 amide bonds. The molecule has 1 aliphatic heterocycles.